The van der Waals surface area contributed by atoms with Gasteiger partial charge in [-0.05, 0) is 30.3 Å². The average Bonchev–Trinajstić information content (AvgIpc) is 2.69. The van der Waals surface area contributed by atoms with Crippen LogP contribution in [0.3, 0.4) is 0 Å². The Morgan fingerprint density at radius 3 is 2.03 bits per heavy atom. The summed E-state index contributed by atoms with van der Waals surface area (Å²) < 4.78 is 0. The van der Waals surface area contributed by atoms with Crippen molar-refractivity contribution < 1.29 is 14.6 Å². The van der Waals surface area contributed by atoms with E-state index < -0.39 is 15.5 Å². The zero-order valence-corrected chi connectivity index (χ0v) is 15.5. The number of carbonyl (C=O) groups is 1. The van der Waals surface area contributed by atoms with Gasteiger partial charge in [-0.25, -0.2) is 9.97 Å². The zero-order chi connectivity index (χ0) is 21.7. The van der Waals surface area contributed by atoms with Crippen molar-refractivity contribution in [2.24, 2.45) is 0 Å². The fourth-order valence-corrected chi connectivity index (χ4v) is 2.55. The van der Waals surface area contributed by atoms with Crippen molar-refractivity contribution in [1.29, 1.82) is 0 Å². The summed E-state index contributed by atoms with van der Waals surface area (Å²) in [6, 6.07) is 12.0. The number of carbonyl (C=O) groups excluding carboxylic acids is 1. The minimum Gasteiger partial charge on any atom is -0.334 e. The van der Waals surface area contributed by atoms with Crippen molar-refractivity contribution in [3.63, 3.8) is 0 Å². The molecule has 3 aromatic rings. The van der Waals surface area contributed by atoms with E-state index in [1.807, 2.05) is 0 Å². The maximum atomic E-state index is 11.7. The molecule has 12 nitrogen and oxygen atoms in total. The molecule has 1 heterocycles. The number of aromatic nitrogens is 2. The van der Waals surface area contributed by atoms with E-state index in [0.717, 1.165) is 6.33 Å². The van der Waals surface area contributed by atoms with Crippen molar-refractivity contribution in [3.05, 3.63) is 75.1 Å². The Bertz CT molecular complexity index is 1120. The molecule has 0 unspecified atom stereocenters. The number of anilines is 5. The van der Waals surface area contributed by atoms with Crippen molar-refractivity contribution >= 4 is 46.0 Å². The largest absolute Gasteiger partial charge is 0.353 e. The van der Waals surface area contributed by atoms with Crippen LogP contribution in [0.2, 0.25) is 0 Å². The van der Waals surface area contributed by atoms with Crippen molar-refractivity contribution in [1.82, 2.24) is 9.97 Å². The summed E-state index contributed by atoms with van der Waals surface area (Å²) in [6.07, 6.45) is 1.13. The first-order chi connectivity index (χ1) is 14.3. The summed E-state index contributed by atoms with van der Waals surface area (Å²) in [5.74, 6) is -0.429. The summed E-state index contributed by atoms with van der Waals surface area (Å²) in [7, 11) is 0. The van der Waals surface area contributed by atoms with E-state index in [0.29, 0.717) is 11.4 Å². The van der Waals surface area contributed by atoms with E-state index in [1.165, 1.54) is 31.2 Å². The van der Waals surface area contributed by atoms with Crippen LogP contribution in [0.4, 0.5) is 40.1 Å². The molecule has 1 amide bonds. The topological polar surface area (TPSA) is 165 Å². The number of nitro benzene ring substituents is 1. The first kappa shape index (κ1) is 20.1. The fraction of sp³-hybridized carbons (Fsp3) is 0.0556. The van der Waals surface area contributed by atoms with Crippen LogP contribution < -0.4 is 16.0 Å². The van der Waals surface area contributed by atoms with Crippen LogP contribution in [0, 0.1) is 20.2 Å². The van der Waals surface area contributed by atoms with Gasteiger partial charge < -0.3 is 16.0 Å². The second-order valence-electron chi connectivity index (χ2n) is 5.99. The lowest BCUT2D eigenvalue weighted by Crippen LogP contribution is -2.06. The maximum absolute atomic E-state index is 11.7. The average molecular weight is 409 g/mol. The monoisotopic (exact) mass is 409 g/mol. The molecule has 0 aliphatic carbocycles. The lowest BCUT2D eigenvalue weighted by molar-refractivity contribution is -0.384. The molecule has 3 N–H and O–H groups in total. The third-order valence-corrected chi connectivity index (χ3v) is 3.79. The highest BCUT2D eigenvalue weighted by Crippen LogP contribution is 2.33. The van der Waals surface area contributed by atoms with Crippen molar-refractivity contribution in [2.45, 2.75) is 6.92 Å². The highest BCUT2D eigenvalue weighted by Gasteiger charge is 2.23. The Balaban J connectivity index is 1.89. The number of rotatable bonds is 7. The molecular weight excluding hydrogens is 394 g/mol. The Kier molecular flexibility index (Phi) is 5.77. The molecule has 0 atom stereocenters. The van der Waals surface area contributed by atoms with E-state index in [4.69, 9.17) is 0 Å². The number of nitro groups is 2. The Labute approximate surface area is 169 Å². The van der Waals surface area contributed by atoms with Crippen LogP contribution in [0.5, 0.6) is 0 Å². The van der Waals surface area contributed by atoms with Crippen LogP contribution in [0.25, 0.3) is 0 Å². The zero-order valence-electron chi connectivity index (χ0n) is 15.5. The van der Waals surface area contributed by atoms with Gasteiger partial charge in [0, 0.05) is 36.1 Å². The minimum absolute atomic E-state index is 0.0739. The minimum atomic E-state index is -0.659. The lowest BCUT2D eigenvalue weighted by atomic mass is 10.2. The lowest BCUT2D eigenvalue weighted by Gasteiger charge is -2.10. The maximum Gasteiger partial charge on any atom is 0.353 e. The summed E-state index contributed by atoms with van der Waals surface area (Å²) >= 11 is 0. The Hall–Kier alpha value is -4.61. The molecule has 0 saturated carbocycles. The van der Waals surface area contributed by atoms with Gasteiger partial charge in [-0.3, -0.25) is 25.0 Å². The second kappa shape index (κ2) is 8.60. The van der Waals surface area contributed by atoms with E-state index in [9.17, 15) is 25.0 Å². The molecular formula is C18H15N7O5. The summed E-state index contributed by atoms with van der Waals surface area (Å²) in [6.45, 7) is 1.38. The number of nitrogens with zero attached hydrogens (tertiary/aromatic N) is 4. The van der Waals surface area contributed by atoms with Crippen molar-refractivity contribution in [2.75, 3.05) is 16.0 Å². The van der Waals surface area contributed by atoms with Gasteiger partial charge in [-0.15, -0.1) is 0 Å². The number of amides is 1. The third-order valence-electron chi connectivity index (χ3n) is 3.79. The highest BCUT2D eigenvalue weighted by molar-refractivity contribution is 5.89. The first-order valence-corrected chi connectivity index (χ1v) is 8.49. The molecule has 0 saturated heterocycles. The molecule has 0 fully saturated rings. The van der Waals surface area contributed by atoms with Gasteiger partial charge in [0.05, 0.1) is 9.85 Å². The third kappa shape index (κ3) is 4.81. The first-order valence-electron chi connectivity index (χ1n) is 8.49. The molecule has 1 aromatic heterocycles. The van der Waals surface area contributed by atoms with Crippen LogP contribution in [-0.4, -0.2) is 25.7 Å². The molecule has 0 bridgehead atoms. The number of hydrogen-bond acceptors (Lipinski definition) is 9. The van der Waals surface area contributed by atoms with Gasteiger partial charge in [-0.2, -0.15) is 0 Å². The quantitative estimate of drug-likeness (QED) is 0.389. The van der Waals surface area contributed by atoms with E-state index in [1.54, 1.807) is 24.3 Å². The Morgan fingerprint density at radius 2 is 1.47 bits per heavy atom. The van der Waals surface area contributed by atoms with Gasteiger partial charge in [0.1, 0.15) is 6.33 Å². The SMILES string of the molecule is CC(=O)Nc1ccc(Nc2ncnc(Nc3cccc([N+](=O)[O-])c3)c2[N+](=O)[O-])cc1. The second-order valence-corrected chi connectivity index (χ2v) is 5.99. The molecule has 3 rings (SSSR count). The Morgan fingerprint density at radius 1 is 0.867 bits per heavy atom. The number of hydrogen-bond donors (Lipinski definition) is 3. The standard InChI is InChI=1S/C18H15N7O5/c1-11(26)21-12-5-7-13(8-6-12)22-17-16(25(29)30)18(20-10-19-17)23-14-3-2-4-15(9-14)24(27)28/h2-10H,1H3,(H,21,26)(H2,19,20,22,23). The summed E-state index contributed by atoms with van der Waals surface area (Å²) in [5.41, 5.74) is 0.714. The van der Waals surface area contributed by atoms with Crippen LogP contribution in [-0.2, 0) is 4.79 Å². The van der Waals surface area contributed by atoms with Gasteiger partial charge in [0.2, 0.25) is 17.5 Å². The van der Waals surface area contributed by atoms with Crippen LogP contribution in [0.15, 0.2) is 54.9 Å². The predicted molar refractivity (Wildman–Crippen MR) is 109 cm³/mol. The van der Waals surface area contributed by atoms with Crippen molar-refractivity contribution in [3.8, 4) is 0 Å². The van der Waals surface area contributed by atoms with Crippen LogP contribution >= 0.6 is 0 Å². The molecule has 2 aromatic carbocycles. The number of non-ortho nitro benzene ring substituents is 1. The molecule has 12 heteroatoms. The fourth-order valence-electron chi connectivity index (χ4n) is 2.55. The highest BCUT2D eigenvalue weighted by atomic mass is 16.6. The van der Waals surface area contributed by atoms with Crippen LogP contribution in [0.1, 0.15) is 6.92 Å². The van der Waals surface area contributed by atoms with Gasteiger partial charge in [0.15, 0.2) is 0 Å². The van der Waals surface area contributed by atoms with Gasteiger partial charge in [0.25, 0.3) is 5.69 Å². The molecule has 152 valence electrons. The molecule has 0 aliphatic rings. The molecule has 0 radical (unpaired) electrons. The molecule has 0 spiro atoms. The van der Waals surface area contributed by atoms with E-state index in [-0.39, 0.29) is 28.9 Å². The van der Waals surface area contributed by atoms with Gasteiger partial charge in [-0.1, -0.05) is 6.07 Å². The number of nitrogens with one attached hydrogen (secondary N) is 3. The molecule has 30 heavy (non-hydrogen) atoms. The normalized spacial score (nSPS) is 10.2. The smallest absolute Gasteiger partial charge is 0.334 e. The predicted octanol–water partition coefficient (Wildman–Crippen LogP) is 3.74. The van der Waals surface area contributed by atoms with Gasteiger partial charge >= 0.3 is 5.69 Å². The summed E-state index contributed by atoms with van der Waals surface area (Å²) in [4.78, 5) is 40.3. The number of benzene rings is 2. The molecule has 0 aliphatic heterocycles. The summed E-state index contributed by atoms with van der Waals surface area (Å²) in [5, 5.41) is 30.8. The van der Waals surface area contributed by atoms with E-state index >= 15 is 0 Å². The van der Waals surface area contributed by atoms with E-state index in [2.05, 4.69) is 25.9 Å².